The van der Waals surface area contributed by atoms with Crippen LogP contribution < -0.4 is 16.0 Å². The summed E-state index contributed by atoms with van der Waals surface area (Å²) in [5.74, 6) is 0.796. The number of rotatable bonds is 2. The van der Waals surface area contributed by atoms with E-state index in [1.165, 1.54) is 0 Å². The van der Waals surface area contributed by atoms with Gasteiger partial charge in [0.05, 0.1) is 17.5 Å². The van der Waals surface area contributed by atoms with Crippen molar-refractivity contribution in [2.45, 2.75) is 6.04 Å². The summed E-state index contributed by atoms with van der Waals surface area (Å²) in [4.78, 5) is 2.00. The lowest BCUT2D eigenvalue weighted by atomic mass is 10.1. The van der Waals surface area contributed by atoms with E-state index in [1.807, 2.05) is 24.1 Å². The molecule has 0 fully saturated rings. The Kier molecular flexibility index (Phi) is 2.55. The highest BCUT2D eigenvalue weighted by atomic mass is 15.3. The Morgan fingerprint density at radius 2 is 2.44 bits per heavy atom. The minimum Gasteiger partial charge on any atom is -0.375 e. The Morgan fingerprint density at radius 1 is 1.69 bits per heavy atom. The third kappa shape index (κ3) is 1.51. The van der Waals surface area contributed by atoms with Gasteiger partial charge < -0.3 is 16.0 Å². The summed E-state index contributed by atoms with van der Waals surface area (Å²) in [5.41, 5.74) is 8.71. The van der Waals surface area contributed by atoms with Crippen molar-refractivity contribution < 1.29 is 0 Å². The number of hydrogen-bond donors (Lipinski definition) is 2. The second kappa shape index (κ2) is 3.87. The normalized spacial score (nSPS) is 17.8. The minimum absolute atomic E-state index is 0.0205. The molecule has 0 saturated heterocycles. The van der Waals surface area contributed by atoms with Crippen molar-refractivity contribution >= 4 is 5.69 Å². The first-order valence-electron chi connectivity index (χ1n) is 5.11. The molecule has 1 aliphatic heterocycles. The van der Waals surface area contributed by atoms with Crippen LogP contribution in [0.2, 0.25) is 0 Å². The number of benzene rings is 1. The molecule has 0 amide bonds. The summed E-state index contributed by atoms with van der Waals surface area (Å²) in [6.07, 6.45) is 0. The van der Waals surface area contributed by atoms with Gasteiger partial charge in [-0.05, 0) is 17.7 Å². The van der Waals surface area contributed by atoms with E-state index in [4.69, 9.17) is 11.0 Å². The maximum absolute atomic E-state index is 8.88. The largest absolute Gasteiger partial charge is 0.375 e. The van der Waals surface area contributed by atoms with Crippen LogP contribution in [-0.2, 0) is 0 Å². The zero-order chi connectivity index (χ0) is 11.7. The maximum atomic E-state index is 8.88. The molecule has 1 aliphatic rings. The fraction of sp³-hybridized carbons (Fsp3) is 0.250. The molecule has 0 spiro atoms. The fourth-order valence-electron chi connectivity index (χ4n) is 1.94. The van der Waals surface area contributed by atoms with E-state index in [0.717, 1.165) is 17.1 Å². The second-order valence-electron chi connectivity index (χ2n) is 3.80. The molecule has 0 aromatic heterocycles. The van der Waals surface area contributed by atoms with Crippen LogP contribution >= 0.6 is 0 Å². The molecule has 1 heterocycles. The number of nitriles is 1. The van der Waals surface area contributed by atoms with Gasteiger partial charge in [-0.25, -0.2) is 0 Å². The molecule has 0 unspecified atom stereocenters. The standard InChI is InChI=1S/C12H14N4/c1-8(15-2)16-7-11(14)10-4-3-9(6-13)5-12(10)16/h3-5,11,15H,1,7,14H2,2H3/t11-/m0/s1. The molecule has 3 N–H and O–H groups in total. The van der Waals surface area contributed by atoms with Crippen molar-refractivity contribution in [1.29, 1.82) is 5.26 Å². The molecule has 0 saturated carbocycles. The predicted molar refractivity (Wildman–Crippen MR) is 63.6 cm³/mol. The highest BCUT2D eigenvalue weighted by Gasteiger charge is 2.27. The average molecular weight is 214 g/mol. The third-order valence-corrected chi connectivity index (χ3v) is 2.84. The van der Waals surface area contributed by atoms with Crippen molar-refractivity contribution in [2.75, 3.05) is 18.5 Å². The van der Waals surface area contributed by atoms with E-state index in [1.54, 1.807) is 6.07 Å². The Labute approximate surface area is 95.0 Å². The van der Waals surface area contributed by atoms with Gasteiger partial charge in [0, 0.05) is 25.3 Å². The number of nitrogens with one attached hydrogen (secondary N) is 1. The monoisotopic (exact) mass is 214 g/mol. The van der Waals surface area contributed by atoms with Gasteiger partial charge in [-0.3, -0.25) is 0 Å². The van der Waals surface area contributed by atoms with Gasteiger partial charge in [-0.2, -0.15) is 5.26 Å². The molecule has 0 bridgehead atoms. The zero-order valence-corrected chi connectivity index (χ0v) is 9.20. The molecule has 1 atom stereocenters. The molecule has 16 heavy (non-hydrogen) atoms. The van der Waals surface area contributed by atoms with Gasteiger partial charge in [0.2, 0.25) is 0 Å². The molecule has 0 radical (unpaired) electrons. The Balaban J connectivity index is 2.47. The topological polar surface area (TPSA) is 65.1 Å². The number of hydrogen-bond acceptors (Lipinski definition) is 4. The van der Waals surface area contributed by atoms with Gasteiger partial charge in [-0.15, -0.1) is 0 Å². The Bertz CT molecular complexity index is 472. The first kappa shape index (κ1) is 10.5. The average Bonchev–Trinajstić information content (AvgIpc) is 2.65. The first-order valence-corrected chi connectivity index (χ1v) is 5.11. The SMILES string of the molecule is C=C(NC)N1C[C@H](N)c2ccc(C#N)cc21. The van der Waals surface area contributed by atoms with E-state index >= 15 is 0 Å². The molecule has 1 aromatic rings. The summed E-state index contributed by atoms with van der Waals surface area (Å²) in [7, 11) is 1.82. The molecule has 0 aliphatic carbocycles. The van der Waals surface area contributed by atoms with Crippen molar-refractivity contribution in [3.05, 3.63) is 41.7 Å². The summed E-state index contributed by atoms with van der Waals surface area (Å²) in [6.45, 7) is 4.62. The van der Waals surface area contributed by atoms with Gasteiger partial charge in [0.1, 0.15) is 0 Å². The van der Waals surface area contributed by atoms with Crippen molar-refractivity contribution in [2.24, 2.45) is 5.73 Å². The highest BCUT2D eigenvalue weighted by Crippen LogP contribution is 2.35. The van der Waals surface area contributed by atoms with Crippen LogP contribution in [0.3, 0.4) is 0 Å². The van der Waals surface area contributed by atoms with Crippen molar-refractivity contribution in [3.63, 3.8) is 0 Å². The Morgan fingerprint density at radius 3 is 3.06 bits per heavy atom. The lowest BCUT2D eigenvalue weighted by molar-refractivity contribution is 0.739. The van der Waals surface area contributed by atoms with E-state index in [9.17, 15) is 0 Å². The third-order valence-electron chi connectivity index (χ3n) is 2.84. The second-order valence-corrected chi connectivity index (χ2v) is 3.80. The number of nitrogens with zero attached hydrogens (tertiary/aromatic N) is 2. The molecule has 4 heteroatoms. The minimum atomic E-state index is -0.0205. The van der Waals surface area contributed by atoms with Crippen molar-refractivity contribution in [1.82, 2.24) is 5.32 Å². The van der Waals surface area contributed by atoms with Crippen LogP contribution in [0.1, 0.15) is 17.2 Å². The quantitative estimate of drug-likeness (QED) is 0.773. The van der Waals surface area contributed by atoms with Crippen molar-refractivity contribution in [3.8, 4) is 6.07 Å². The lowest BCUT2D eigenvalue weighted by Crippen LogP contribution is -2.29. The summed E-state index contributed by atoms with van der Waals surface area (Å²) in [5, 5.41) is 11.9. The van der Waals surface area contributed by atoms with Gasteiger partial charge in [0.25, 0.3) is 0 Å². The smallest absolute Gasteiger partial charge is 0.0992 e. The van der Waals surface area contributed by atoms with E-state index in [0.29, 0.717) is 12.1 Å². The molecular weight excluding hydrogens is 200 g/mol. The highest BCUT2D eigenvalue weighted by molar-refractivity contribution is 5.65. The summed E-state index contributed by atoms with van der Waals surface area (Å²) < 4.78 is 0. The van der Waals surface area contributed by atoms with Crippen LogP contribution in [0, 0.1) is 11.3 Å². The van der Waals surface area contributed by atoms with Crippen LogP contribution in [0.5, 0.6) is 0 Å². The van der Waals surface area contributed by atoms with Gasteiger partial charge in [-0.1, -0.05) is 12.6 Å². The summed E-state index contributed by atoms with van der Waals surface area (Å²) in [6, 6.07) is 7.68. The number of nitrogens with two attached hydrogens (primary N) is 1. The van der Waals surface area contributed by atoms with E-state index in [-0.39, 0.29) is 6.04 Å². The predicted octanol–water partition coefficient (Wildman–Crippen LogP) is 1.07. The lowest BCUT2D eigenvalue weighted by Gasteiger charge is -2.21. The molecule has 2 rings (SSSR count). The van der Waals surface area contributed by atoms with E-state index in [2.05, 4.69) is 18.0 Å². The zero-order valence-electron chi connectivity index (χ0n) is 9.20. The summed E-state index contributed by atoms with van der Waals surface area (Å²) >= 11 is 0. The van der Waals surface area contributed by atoms with Crippen LogP contribution in [0.4, 0.5) is 5.69 Å². The molecule has 82 valence electrons. The Hall–Kier alpha value is -1.99. The maximum Gasteiger partial charge on any atom is 0.0992 e. The van der Waals surface area contributed by atoms with Gasteiger partial charge in [0.15, 0.2) is 0 Å². The molecular formula is C12H14N4. The van der Waals surface area contributed by atoms with Gasteiger partial charge >= 0.3 is 0 Å². The van der Waals surface area contributed by atoms with Crippen LogP contribution in [-0.4, -0.2) is 13.6 Å². The molecule has 1 aromatic carbocycles. The fourth-order valence-corrected chi connectivity index (χ4v) is 1.94. The number of fused-ring (bicyclic) bond motifs is 1. The first-order chi connectivity index (χ1) is 7.67. The van der Waals surface area contributed by atoms with Crippen LogP contribution in [0.15, 0.2) is 30.6 Å². The van der Waals surface area contributed by atoms with Crippen LogP contribution in [0.25, 0.3) is 0 Å². The molecule has 4 nitrogen and oxygen atoms in total. The number of anilines is 1. The van der Waals surface area contributed by atoms with E-state index < -0.39 is 0 Å².